The lowest BCUT2D eigenvalue weighted by Gasteiger charge is -2.03. The van der Waals surface area contributed by atoms with Gasteiger partial charge < -0.3 is 5.43 Å². The zero-order chi connectivity index (χ0) is 11.4. The van der Waals surface area contributed by atoms with E-state index in [0.29, 0.717) is 11.0 Å². The van der Waals surface area contributed by atoms with Crippen molar-refractivity contribution in [2.24, 2.45) is 5.84 Å². The fourth-order valence-corrected chi connectivity index (χ4v) is 2.78. The lowest BCUT2D eigenvalue weighted by Crippen LogP contribution is -2.09. The summed E-state index contributed by atoms with van der Waals surface area (Å²) in [5.41, 5.74) is 4.19. The van der Waals surface area contributed by atoms with E-state index >= 15 is 0 Å². The molecule has 0 aliphatic carbocycles. The summed E-state index contributed by atoms with van der Waals surface area (Å²) in [4.78, 5) is 8.50. The first-order valence-electron chi connectivity index (χ1n) is 4.15. The van der Waals surface area contributed by atoms with Gasteiger partial charge in [-0.3, -0.25) is 0 Å². The van der Waals surface area contributed by atoms with Gasteiger partial charge in [-0.1, -0.05) is 23.1 Å². The van der Waals surface area contributed by atoms with E-state index in [1.54, 1.807) is 11.6 Å². The number of anilines is 1. The van der Waals surface area contributed by atoms with Gasteiger partial charge >= 0.3 is 0 Å². The van der Waals surface area contributed by atoms with Crippen LogP contribution in [0.3, 0.4) is 0 Å². The normalized spacial score (nSPS) is 10.4. The van der Waals surface area contributed by atoms with Crippen molar-refractivity contribution in [1.82, 2.24) is 20.2 Å². The standard InChI is InChI=1S/C7H8N6S3/c1-14-6-10-4(12-8)2-5(11-6)16-7-13-9-3-15-7/h2-3H,8H2,1H3,(H,10,11,12). The van der Waals surface area contributed by atoms with E-state index in [2.05, 4.69) is 25.6 Å². The van der Waals surface area contributed by atoms with Crippen LogP contribution in [0.5, 0.6) is 0 Å². The minimum atomic E-state index is 0.589. The number of hydrazine groups is 1. The van der Waals surface area contributed by atoms with Gasteiger partial charge in [0, 0.05) is 6.07 Å². The maximum atomic E-state index is 5.33. The third-order valence-corrected chi connectivity index (χ3v) is 3.79. The number of nitrogens with zero attached hydrogens (tertiary/aromatic N) is 4. The first-order chi connectivity index (χ1) is 7.81. The summed E-state index contributed by atoms with van der Waals surface area (Å²) in [5, 5.41) is 9.16. The average molecular weight is 272 g/mol. The molecule has 84 valence electrons. The van der Waals surface area contributed by atoms with E-state index in [1.807, 2.05) is 6.26 Å². The van der Waals surface area contributed by atoms with Crippen LogP contribution < -0.4 is 11.3 Å². The van der Waals surface area contributed by atoms with E-state index in [0.717, 1.165) is 9.37 Å². The summed E-state index contributed by atoms with van der Waals surface area (Å²) >= 11 is 4.37. The van der Waals surface area contributed by atoms with Crippen molar-refractivity contribution in [3.05, 3.63) is 11.6 Å². The quantitative estimate of drug-likeness (QED) is 0.284. The summed E-state index contributed by atoms with van der Waals surface area (Å²) in [6.45, 7) is 0. The average Bonchev–Trinajstić information content (AvgIpc) is 2.81. The van der Waals surface area contributed by atoms with Gasteiger partial charge in [-0.15, -0.1) is 10.2 Å². The van der Waals surface area contributed by atoms with E-state index in [4.69, 9.17) is 5.84 Å². The first-order valence-corrected chi connectivity index (χ1v) is 7.07. The lowest BCUT2D eigenvalue weighted by atomic mass is 10.6. The van der Waals surface area contributed by atoms with E-state index in [-0.39, 0.29) is 0 Å². The van der Waals surface area contributed by atoms with Gasteiger partial charge in [0.2, 0.25) is 0 Å². The van der Waals surface area contributed by atoms with Crippen LogP contribution in [0.25, 0.3) is 0 Å². The Morgan fingerprint density at radius 3 is 2.94 bits per heavy atom. The molecule has 2 aromatic heterocycles. The molecule has 0 saturated carbocycles. The molecule has 0 aromatic carbocycles. The number of nitrogens with two attached hydrogens (primary N) is 1. The minimum Gasteiger partial charge on any atom is -0.308 e. The van der Waals surface area contributed by atoms with Crippen LogP contribution in [0, 0.1) is 0 Å². The maximum absolute atomic E-state index is 5.33. The minimum absolute atomic E-state index is 0.589. The summed E-state index contributed by atoms with van der Waals surface area (Å²) in [7, 11) is 0. The predicted octanol–water partition coefficient (Wildman–Crippen LogP) is 1.49. The molecular weight excluding hydrogens is 264 g/mol. The van der Waals surface area contributed by atoms with Crippen LogP contribution in [-0.4, -0.2) is 26.4 Å². The molecule has 0 aliphatic heterocycles. The predicted molar refractivity (Wildman–Crippen MR) is 65.7 cm³/mol. The van der Waals surface area contributed by atoms with E-state index in [9.17, 15) is 0 Å². The van der Waals surface area contributed by atoms with Gasteiger partial charge in [-0.25, -0.2) is 15.8 Å². The molecule has 16 heavy (non-hydrogen) atoms. The van der Waals surface area contributed by atoms with Crippen molar-refractivity contribution in [3.8, 4) is 0 Å². The Morgan fingerprint density at radius 2 is 2.31 bits per heavy atom. The highest BCUT2D eigenvalue weighted by molar-refractivity contribution is 8.01. The number of aromatic nitrogens is 4. The molecule has 3 N–H and O–H groups in total. The maximum Gasteiger partial charge on any atom is 0.190 e. The molecule has 2 rings (SSSR count). The first kappa shape index (κ1) is 11.6. The Hall–Kier alpha value is -0.900. The number of hydrogen-bond donors (Lipinski definition) is 2. The number of nitrogen functional groups attached to an aromatic ring is 1. The third kappa shape index (κ3) is 2.82. The van der Waals surface area contributed by atoms with Crippen LogP contribution in [0.15, 0.2) is 26.1 Å². The van der Waals surface area contributed by atoms with Gasteiger partial charge in [0.25, 0.3) is 0 Å². The van der Waals surface area contributed by atoms with Gasteiger partial charge in [0.1, 0.15) is 16.4 Å². The molecule has 0 bridgehead atoms. The smallest absolute Gasteiger partial charge is 0.190 e. The summed E-state index contributed by atoms with van der Waals surface area (Å²) in [5.74, 6) is 5.92. The van der Waals surface area contributed by atoms with Crippen molar-refractivity contribution in [2.75, 3.05) is 11.7 Å². The number of nitrogens with one attached hydrogen (secondary N) is 1. The van der Waals surface area contributed by atoms with Gasteiger partial charge in [0.15, 0.2) is 9.50 Å². The summed E-state index contributed by atoms with van der Waals surface area (Å²) in [6, 6.07) is 1.77. The van der Waals surface area contributed by atoms with E-state index in [1.165, 1.54) is 34.9 Å². The molecule has 6 nitrogen and oxygen atoms in total. The zero-order valence-electron chi connectivity index (χ0n) is 8.25. The van der Waals surface area contributed by atoms with Crippen LogP contribution >= 0.6 is 34.9 Å². The topological polar surface area (TPSA) is 89.6 Å². The van der Waals surface area contributed by atoms with Crippen LogP contribution in [0.1, 0.15) is 0 Å². The van der Waals surface area contributed by atoms with Gasteiger partial charge in [-0.2, -0.15) is 0 Å². The van der Waals surface area contributed by atoms with Crippen LogP contribution in [0.2, 0.25) is 0 Å². The molecule has 9 heteroatoms. The molecule has 0 atom stereocenters. The third-order valence-electron chi connectivity index (χ3n) is 1.54. The fourth-order valence-electron chi connectivity index (χ4n) is 0.918. The zero-order valence-corrected chi connectivity index (χ0v) is 10.7. The van der Waals surface area contributed by atoms with Crippen molar-refractivity contribution < 1.29 is 0 Å². The highest BCUT2D eigenvalue weighted by atomic mass is 32.2. The Kier molecular flexibility index (Phi) is 3.93. The molecular formula is C7H8N6S3. The van der Waals surface area contributed by atoms with Gasteiger partial charge in [0.05, 0.1) is 0 Å². The molecule has 0 aliphatic rings. The van der Waals surface area contributed by atoms with E-state index < -0.39 is 0 Å². The molecule has 0 spiro atoms. The highest BCUT2D eigenvalue weighted by Crippen LogP contribution is 2.29. The van der Waals surface area contributed by atoms with Crippen molar-refractivity contribution >= 4 is 40.7 Å². The fraction of sp³-hybridized carbons (Fsp3) is 0.143. The molecule has 0 amide bonds. The Bertz CT molecular complexity index is 437. The highest BCUT2D eigenvalue weighted by Gasteiger charge is 2.06. The van der Waals surface area contributed by atoms with Crippen LogP contribution in [-0.2, 0) is 0 Å². The molecule has 2 heterocycles. The monoisotopic (exact) mass is 272 g/mol. The Balaban J connectivity index is 2.26. The summed E-state index contributed by atoms with van der Waals surface area (Å²) < 4.78 is 0.841. The summed E-state index contributed by atoms with van der Waals surface area (Å²) in [6.07, 6.45) is 1.91. The number of hydrogen-bond acceptors (Lipinski definition) is 9. The molecule has 0 fully saturated rings. The number of thioether (sulfide) groups is 1. The van der Waals surface area contributed by atoms with Crippen LogP contribution in [0.4, 0.5) is 5.82 Å². The molecule has 2 aromatic rings. The van der Waals surface area contributed by atoms with Gasteiger partial charge in [-0.05, 0) is 18.0 Å². The molecule has 0 saturated heterocycles. The lowest BCUT2D eigenvalue weighted by molar-refractivity contribution is 0.891. The number of rotatable bonds is 4. The molecule has 0 unspecified atom stereocenters. The van der Waals surface area contributed by atoms with Crippen molar-refractivity contribution in [2.45, 2.75) is 14.5 Å². The second-order valence-electron chi connectivity index (χ2n) is 2.53. The Labute approximate surface area is 104 Å². The second-order valence-corrected chi connectivity index (χ2v) is 5.40. The Morgan fingerprint density at radius 1 is 1.44 bits per heavy atom. The second kappa shape index (κ2) is 5.43. The van der Waals surface area contributed by atoms with Crippen molar-refractivity contribution in [3.63, 3.8) is 0 Å². The molecule has 0 radical (unpaired) electrons. The SMILES string of the molecule is CSc1nc(NN)cc(Sc2nncs2)n1. The largest absolute Gasteiger partial charge is 0.308 e. The van der Waals surface area contributed by atoms with Crippen molar-refractivity contribution in [1.29, 1.82) is 0 Å².